The minimum absolute atomic E-state index is 0.0569. The van der Waals surface area contributed by atoms with Crippen molar-refractivity contribution in [2.24, 2.45) is 4.99 Å². The van der Waals surface area contributed by atoms with E-state index in [0.717, 1.165) is 11.3 Å². The topological polar surface area (TPSA) is 35.8 Å². The third-order valence-corrected chi connectivity index (χ3v) is 2.32. The molecule has 3 nitrogen and oxygen atoms in total. The zero-order chi connectivity index (χ0) is 9.26. The molecule has 0 aromatic rings. The molecule has 1 N–H and O–H groups in total. The van der Waals surface area contributed by atoms with Crippen molar-refractivity contribution in [1.29, 1.82) is 0 Å². The highest BCUT2D eigenvalue weighted by Crippen LogP contribution is 2.24. The highest BCUT2D eigenvalue weighted by atomic mass is 16.3. The Balaban J connectivity index is 2.42. The van der Waals surface area contributed by atoms with Gasteiger partial charge in [-0.05, 0) is 12.2 Å². The molecule has 0 saturated carbocycles. The van der Waals surface area contributed by atoms with Gasteiger partial charge < -0.3 is 10.0 Å². The molecule has 3 heteroatoms. The normalized spacial score (nSPS) is 25.4. The molecule has 0 radical (unpaired) electrons. The van der Waals surface area contributed by atoms with Gasteiger partial charge in [0.2, 0.25) is 0 Å². The largest absolute Gasteiger partial charge is 0.392 e. The van der Waals surface area contributed by atoms with E-state index >= 15 is 0 Å². The van der Waals surface area contributed by atoms with Crippen molar-refractivity contribution in [2.75, 3.05) is 13.7 Å². The van der Waals surface area contributed by atoms with Gasteiger partial charge in [0.05, 0.1) is 18.3 Å². The number of rotatable bonds is 1. The molecule has 13 heavy (non-hydrogen) atoms. The van der Waals surface area contributed by atoms with Crippen LogP contribution in [0.3, 0.4) is 0 Å². The number of hydrogen-bond acceptors (Lipinski definition) is 3. The van der Waals surface area contributed by atoms with Gasteiger partial charge in [-0.3, -0.25) is 4.99 Å². The van der Waals surface area contributed by atoms with Crippen LogP contribution in [0, 0.1) is 0 Å². The van der Waals surface area contributed by atoms with Crippen LogP contribution < -0.4 is 0 Å². The fraction of sp³-hybridized carbons (Fsp3) is 0.300. The second-order valence-corrected chi connectivity index (χ2v) is 3.16. The number of aliphatic hydroxyl groups is 1. The molecule has 2 rings (SSSR count). The first-order valence-electron chi connectivity index (χ1n) is 4.28. The number of fused-ring (bicyclic) bond motifs is 1. The van der Waals surface area contributed by atoms with E-state index < -0.39 is 0 Å². The molecular formula is C10H12N2O. The van der Waals surface area contributed by atoms with Crippen LogP contribution in [0.5, 0.6) is 0 Å². The van der Waals surface area contributed by atoms with Crippen LogP contribution in [0.15, 0.2) is 40.7 Å². The lowest BCUT2D eigenvalue weighted by Crippen LogP contribution is -2.31. The first-order chi connectivity index (χ1) is 6.33. The van der Waals surface area contributed by atoms with Crippen LogP contribution in [0.1, 0.15) is 0 Å². The molecular weight excluding hydrogens is 164 g/mol. The Hall–Kier alpha value is -1.35. The van der Waals surface area contributed by atoms with Gasteiger partial charge in [0.25, 0.3) is 0 Å². The Morgan fingerprint density at radius 1 is 1.62 bits per heavy atom. The maximum absolute atomic E-state index is 9.09. The summed E-state index contributed by atoms with van der Waals surface area (Å²) in [6.45, 7) is 0.0569. The Morgan fingerprint density at radius 3 is 3.23 bits per heavy atom. The first-order valence-corrected chi connectivity index (χ1v) is 4.28. The van der Waals surface area contributed by atoms with Crippen molar-refractivity contribution in [2.45, 2.75) is 6.04 Å². The Kier molecular flexibility index (Phi) is 2.02. The molecule has 2 aliphatic rings. The molecule has 0 spiro atoms. The zero-order valence-corrected chi connectivity index (χ0v) is 7.51. The summed E-state index contributed by atoms with van der Waals surface area (Å²) in [5, 5.41) is 9.09. The number of likely N-dealkylation sites (N-methyl/N-ethyl adjacent to an activating group) is 1. The van der Waals surface area contributed by atoms with Gasteiger partial charge in [0.15, 0.2) is 0 Å². The molecule has 2 heterocycles. The summed E-state index contributed by atoms with van der Waals surface area (Å²) in [5.41, 5.74) is 1.86. The van der Waals surface area contributed by atoms with Crippen LogP contribution >= 0.6 is 0 Å². The number of aliphatic imine (C=N–C) groups is 1. The van der Waals surface area contributed by atoms with Crippen molar-refractivity contribution in [3.63, 3.8) is 0 Å². The van der Waals surface area contributed by atoms with E-state index in [-0.39, 0.29) is 12.6 Å². The average molecular weight is 176 g/mol. The summed E-state index contributed by atoms with van der Waals surface area (Å²) in [6, 6.07) is 0.192. The number of aliphatic hydroxyl groups excluding tert-OH is 1. The van der Waals surface area contributed by atoms with Gasteiger partial charge in [0, 0.05) is 25.0 Å². The Morgan fingerprint density at radius 2 is 2.46 bits per heavy atom. The van der Waals surface area contributed by atoms with Gasteiger partial charge in [0.1, 0.15) is 0 Å². The maximum Gasteiger partial charge on any atom is 0.0895 e. The smallest absolute Gasteiger partial charge is 0.0895 e. The maximum atomic E-state index is 9.09. The van der Waals surface area contributed by atoms with Crippen molar-refractivity contribution >= 4 is 6.21 Å². The lowest BCUT2D eigenvalue weighted by atomic mass is 10.0. The summed E-state index contributed by atoms with van der Waals surface area (Å²) < 4.78 is 0. The number of allylic oxidation sites excluding steroid dienone is 1. The van der Waals surface area contributed by atoms with Crippen molar-refractivity contribution in [3.8, 4) is 0 Å². The Labute approximate surface area is 77.4 Å². The number of dihydropyridines is 1. The van der Waals surface area contributed by atoms with Gasteiger partial charge in [-0.2, -0.15) is 0 Å². The highest BCUT2D eigenvalue weighted by Gasteiger charge is 2.21. The summed E-state index contributed by atoms with van der Waals surface area (Å²) in [4.78, 5) is 6.34. The van der Waals surface area contributed by atoms with Crippen LogP contribution in [0.4, 0.5) is 0 Å². The monoisotopic (exact) mass is 176 g/mol. The molecule has 0 aromatic carbocycles. The third-order valence-electron chi connectivity index (χ3n) is 2.32. The van der Waals surface area contributed by atoms with Crippen molar-refractivity contribution in [3.05, 3.63) is 35.7 Å². The second kappa shape index (κ2) is 3.18. The molecule has 0 aromatic heterocycles. The molecule has 0 bridgehead atoms. The van der Waals surface area contributed by atoms with Crippen molar-refractivity contribution < 1.29 is 5.11 Å². The second-order valence-electron chi connectivity index (χ2n) is 3.16. The Bertz CT molecular complexity index is 326. The van der Waals surface area contributed by atoms with E-state index in [4.69, 9.17) is 5.11 Å². The lowest BCUT2D eigenvalue weighted by molar-refractivity contribution is 0.325. The predicted molar refractivity (Wildman–Crippen MR) is 52.4 cm³/mol. The highest BCUT2D eigenvalue weighted by molar-refractivity contribution is 5.75. The van der Waals surface area contributed by atoms with Gasteiger partial charge >= 0.3 is 0 Å². The summed E-state index contributed by atoms with van der Waals surface area (Å²) in [7, 11) is 2.00. The SMILES string of the molecule is CN1C=CC(CO)=C2N=CC=CC21. The van der Waals surface area contributed by atoms with Crippen LogP contribution in [-0.2, 0) is 0 Å². The van der Waals surface area contributed by atoms with Gasteiger partial charge in [-0.15, -0.1) is 0 Å². The molecule has 1 atom stereocenters. The fourth-order valence-electron chi connectivity index (χ4n) is 1.57. The average Bonchev–Trinajstić information content (AvgIpc) is 2.19. The molecule has 1 unspecified atom stereocenters. The number of hydrogen-bond donors (Lipinski definition) is 1. The minimum atomic E-state index is 0.0569. The summed E-state index contributed by atoms with van der Waals surface area (Å²) >= 11 is 0. The van der Waals surface area contributed by atoms with Crippen LogP contribution in [0.2, 0.25) is 0 Å². The van der Waals surface area contributed by atoms with E-state index in [2.05, 4.69) is 16.0 Å². The molecule has 0 saturated heterocycles. The van der Waals surface area contributed by atoms with E-state index in [1.165, 1.54) is 0 Å². The molecule has 0 amide bonds. The molecule has 2 aliphatic heterocycles. The van der Waals surface area contributed by atoms with E-state index in [1.807, 2.05) is 25.4 Å². The first kappa shape index (κ1) is 8.26. The predicted octanol–water partition coefficient (Wildman–Crippen LogP) is 0.701. The van der Waals surface area contributed by atoms with Crippen LogP contribution in [-0.4, -0.2) is 35.9 Å². The molecule has 68 valence electrons. The van der Waals surface area contributed by atoms with E-state index in [1.54, 1.807) is 6.21 Å². The van der Waals surface area contributed by atoms with Crippen molar-refractivity contribution in [1.82, 2.24) is 4.90 Å². The van der Waals surface area contributed by atoms with E-state index in [9.17, 15) is 0 Å². The number of nitrogens with zero attached hydrogens (tertiary/aromatic N) is 2. The van der Waals surface area contributed by atoms with Crippen LogP contribution in [0.25, 0.3) is 0 Å². The third kappa shape index (κ3) is 1.31. The minimum Gasteiger partial charge on any atom is -0.392 e. The van der Waals surface area contributed by atoms with E-state index in [0.29, 0.717) is 0 Å². The quantitative estimate of drug-likeness (QED) is 0.638. The standard InChI is InChI=1S/C10H12N2O/c1-12-6-4-8(7-13)10-9(12)3-2-5-11-10/h2-6,9,13H,7H2,1H3. The van der Waals surface area contributed by atoms with Gasteiger partial charge in [-0.25, -0.2) is 0 Å². The summed E-state index contributed by atoms with van der Waals surface area (Å²) in [5.74, 6) is 0. The zero-order valence-electron chi connectivity index (χ0n) is 7.51. The fourth-order valence-corrected chi connectivity index (χ4v) is 1.57. The lowest BCUT2D eigenvalue weighted by Gasteiger charge is -2.30. The molecule has 0 fully saturated rings. The molecule has 0 aliphatic carbocycles. The van der Waals surface area contributed by atoms with Gasteiger partial charge in [-0.1, -0.05) is 6.08 Å². The summed E-state index contributed by atoms with van der Waals surface area (Å²) in [6.07, 6.45) is 9.63.